The molecule has 0 unspecified atom stereocenters. The van der Waals surface area contributed by atoms with E-state index in [4.69, 9.17) is 5.11 Å². The lowest BCUT2D eigenvalue weighted by atomic mass is 9.89. The molecule has 0 radical (unpaired) electrons. The second-order valence-corrected chi connectivity index (χ2v) is 10.00. The van der Waals surface area contributed by atoms with Gasteiger partial charge in [0.2, 0.25) is 0 Å². The molecule has 1 aromatic carbocycles. The third-order valence-electron chi connectivity index (χ3n) is 7.21. The van der Waals surface area contributed by atoms with E-state index in [1.165, 1.54) is 0 Å². The van der Waals surface area contributed by atoms with E-state index >= 15 is 0 Å². The first-order valence-corrected chi connectivity index (χ1v) is 13.6. The number of H-pyrrole nitrogens is 2. The van der Waals surface area contributed by atoms with Crippen molar-refractivity contribution >= 4 is 11.9 Å². The summed E-state index contributed by atoms with van der Waals surface area (Å²) >= 11 is 0. The lowest BCUT2D eigenvalue weighted by molar-refractivity contribution is -0.137. The zero-order valence-electron chi connectivity index (χ0n) is 22.1. The molecule has 0 bridgehead atoms. The Morgan fingerprint density at radius 3 is 2.13 bits per heavy atom. The lowest BCUT2D eigenvalue weighted by Gasteiger charge is -2.37. The van der Waals surface area contributed by atoms with E-state index < -0.39 is 5.97 Å². The minimum Gasteiger partial charge on any atom is -0.481 e. The molecule has 2 heterocycles. The number of nitrogens with one attached hydrogen (secondary N) is 3. The van der Waals surface area contributed by atoms with Gasteiger partial charge in [-0.05, 0) is 56.3 Å². The van der Waals surface area contributed by atoms with Crippen LogP contribution in [0.15, 0.2) is 49.1 Å². The molecule has 2 aromatic heterocycles. The molecule has 1 aliphatic rings. The number of imidazole rings is 2. The number of aromatic amines is 2. The van der Waals surface area contributed by atoms with Crippen LogP contribution < -0.4 is 5.32 Å². The highest BCUT2D eigenvalue weighted by Crippen LogP contribution is 2.24. The molecular formula is C28H39N7O3. The maximum absolute atomic E-state index is 13.3. The van der Waals surface area contributed by atoms with Crippen LogP contribution in [0.25, 0.3) is 0 Å². The number of carbonyl (C=O) groups is 2. The lowest BCUT2D eigenvalue weighted by Crippen LogP contribution is -2.43. The minimum atomic E-state index is -0.725. The van der Waals surface area contributed by atoms with Crippen LogP contribution in [-0.4, -0.2) is 71.9 Å². The van der Waals surface area contributed by atoms with Gasteiger partial charge in [0.15, 0.2) is 0 Å². The fourth-order valence-electron chi connectivity index (χ4n) is 5.19. The Kier molecular flexibility index (Phi) is 10.1. The second-order valence-electron chi connectivity index (χ2n) is 10.00. The van der Waals surface area contributed by atoms with Crippen LogP contribution in [0.2, 0.25) is 0 Å². The average molecular weight is 522 g/mol. The van der Waals surface area contributed by atoms with Crippen molar-refractivity contribution in [3.8, 4) is 0 Å². The Balaban J connectivity index is 1.27. The summed E-state index contributed by atoms with van der Waals surface area (Å²) in [6, 6.07) is 8.73. The number of rotatable bonds is 14. The topological polar surface area (TPSA) is 130 Å². The average Bonchev–Trinajstić information content (AvgIpc) is 3.64. The molecule has 1 aliphatic carbocycles. The standard InChI is InChI=1S/C28H39N7O3/c1-2-16-34(17-11-27(36)37)24-9-7-23(8-10-24)33-18-21-3-5-22(6-4-21)28(38)35(19-25-29-12-13-30-25)20-26-31-14-15-32-26/h3-6,12-15,23-24,33H,2,7-11,16-20H2,1H3,(H,29,30)(H,31,32)(H,36,37). The molecule has 4 N–H and O–H groups in total. The molecule has 204 valence electrons. The highest BCUT2D eigenvalue weighted by Gasteiger charge is 2.25. The fourth-order valence-corrected chi connectivity index (χ4v) is 5.19. The fraction of sp³-hybridized carbons (Fsp3) is 0.500. The molecule has 1 fully saturated rings. The smallest absolute Gasteiger partial charge is 0.304 e. The number of benzene rings is 1. The van der Waals surface area contributed by atoms with Gasteiger partial charge >= 0.3 is 5.97 Å². The first-order valence-electron chi connectivity index (χ1n) is 13.6. The monoisotopic (exact) mass is 521 g/mol. The first kappa shape index (κ1) is 27.5. The molecule has 1 saturated carbocycles. The molecule has 10 heteroatoms. The Morgan fingerprint density at radius 1 is 0.974 bits per heavy atom. The summed E-state index contributed by atoms with van der Waals surface area (Å²) in [5.74, 6) is 0.646. The maximum atomic E-state index is 13.3. The zero-order valence-corrected chi connectivity index (χ0v) is 22.1. The van der Waals surface area contributed by atoms with Crippen LogP contribution in [0.4, 0.5) is 0 Å². The number of carboxylic acids is 1. The van der Waals surface area contributed by atoms with Crippen molar-refractivity contribution in [2.45, 2.75) is 77.2 Å². The summed E-state index contributed by atoms with van der Waals surface area (Å²) in [5.41, 5.74) is 1.77. The van der Waals surface area contributed by atoms with Gasteiger partial charge in [0.1, 0.15) is 11.6 Å². The normalized spacial score (nSPS) is 17.5. The number of aliphatic carboxylic acids is 1. The summed E-state index contributed by atoms with van der Waals surface area (Å²) < 4.78 is 0. The Labute approximate surface area is 223 Å². The molecular weight excluding hydrogens is 482 g/mol. The van der Waals surface area contributed by atoms with Crippen molar-refractivity contribution in [2.24, 2.45) is 0 Å². The second kappa shape index (κ2) is 13.9. The molecule has 0 saturated heterocycles. The Bertz CT molecular complexity index is 1070. The summed E-state index contributed by atoms with van der Waals surface area (Å²) in [5, 5.41) is 12.7. The number of carboxylic acid groups (broad SMARTS) is 1. The van der Waals surface area contributed by atoms with Gasteiger partial charge in [0.05, 0.1) is 19.5 Å². The number of amides is 1. The van der Waals surface area contributed by atoms with Crippen LogP contribution in [0.5, 0.6) is 0 Å². The predicted octanol–water partition coefficient (Wildman–Crippen LogP) is 3.56. The molecule has 0 spiro atoms. The third kappa shape index (κ3) is 8.00. The maximum Gasteiger partial charge on any atom is 0.304 e. The molecule has 10 nitrogen and oxygen atoms in total. The van der Waals surface area contributed by atoms with E-state index in [-0.39, 0.29) is 12.3 Å². The van der Waals surface area contributed by atoms with Crippen LogP contribution in [0.3, 0.4) is 0 Å². The molecule has 0 atom stereocenters. The van der Waals surface area contributed by atoms with Crippen molar-refractivity contribution in [1.29, 1.82) is 0 Å². The summed E-state index contributed by atoms with van der Waals surface area (Å²) in [7, 11) is 0. The highest BCUT2D eigenvalue weighted by molar-refractivity contribution is 5.94. The predicted molar refractivity (Wildman–Crippen MR) is 144 cm³/mol. The summed E-state index contributed by atoms with van der Waals surface area (Å²) in [6.07, 6.45) is 12.5. The van der Waals surface area contributed by atoms with Crippen molar-refractivity contribution in [3.05, 3.63) is 71.8 Å². The largest absolute Gasteiger partial charge is 0.481 e. The summed E-state index contributed by atoms with van der Waals surface area (Å²) in [4.78, 5) is 43.1. The van der Waals surface area contributed by atoms with Gasteiger partial charge in [-0.15, -0.1) is 0 Å². The number of aromatic nitrogens is 4. The SMILES string of the molecule is CCCN(CCC(=O)O)C1CCC(NCc2ccc(C(=O)N(Cc3ncc[nH]3)Cc3ncc[nH]3)cc2)CC1. The minimum absolute atomic E-state index is 0.0739. The van der Waals surface area contributed by atoms with Crippen molar-refractivity contribution in [1.82, 2.24) is 35.1 Å². The van der Waals surface area contributed by atoms with Crippen LogP contribution >= 0.6 is 0 Å². The van der Waals surface area contributed by atoms with Gasteiger partial charge in [-0.1, -0.05) is 19.1 Å². The molecule has 4 rings (SSSR count). The van der Waals surface area contributed by atoms with Crippen molar-refractivity contribution in [2.75, 3.05) is 13.1 Å². The van der Waals surface area contributed by atoms with Gasteiger partial charge < -0.3 is 25.3 Å². The summed E-state index contributed by atoms with van der Waals surface area (Å²) in [6.45, 7) is 5.23. The van der Waals surface area contributed by atoms with Crippen LogP contribution in [0.1, 0.15) is 73.0 Å². The van der Waals surface area contributed by atoms with Crippen molar-refractivity contribution < 1.29 is 14.7 Å². The van der Waals surface area contributed by atoms with Gasteiger partial charge in [-0.25, -0.2) is 9.97 Å². The van der Waals surface area contributed by atoms with Crippen LogP contribution in [-0.2, 0) is 24.4 Å². The number of hydrogen-bond donors (Lipinski definition) is 4. The molecule has 0 aliphatic heterocycles. The highest BCUT2D eigenvalue weighted by atomic mass is 16.4. The third-order valence-corrected chi connectivity index (χ3v) is 7.21. The zero-order chi connectivity index (χ0) is 26.7. The Hall–Kier alpha value is -3.50. The molecule has 38 heavy (non-hydrogen) atoms. The van der Waals surface area contributed by atoms with Gasteiger partial charge in [-0.2, -0.15) is 0 Å². The van der Waals surface area contributed by atoms with Gasteiger partial charge in [0, 0.05) is 55.5 Å². The number of carbonyl (C=O) groups excluding carboxylic acids is 1. The number of nitrogens with zero attached hydrogens (tertiary/aromatic N) is 4. The molecule has 1 amide bonds. The van der Waals surface area contributed by atoms with Crippen molar-refractivity contribution in [3.63, 3.8) is 0 Å². The van der Waals surface area contributed by atoms with E-state index in [1.54, 1.807) is 29.7 Å². The Morgan fingerprint density at radius 2 is 1.61 bits per heavy atom. The van der Waals surface area contributed by atoms with Gasteiger partial charge in [-0.3, -0.25) is 14.5 Å². The molecule has 3 aromatic rings. The van der Waals surface area contributed by atoms with Gasteiger partial charge in [0.25, 0.3) is 5.91 Å². The first-order chi connectivity index (χ1) is 18.5. The van der Waals surface area contributed by atoms with E-state index in [9.17, 15) is 9.59 Å². The van der Waals surface area contributed by atoms with E-state index in [2.05, 4.69) is 37.1 Å². The quantitative estimate of drug-likeness (QED) is 0.255. The van der Waals surface area contributed by atoms with E-state index in [1.807, 2.05) is 24.3 Å². The van der Waals surface area contributed by atoms with Crippen LogP contribution in [0, 0.1) is 0 Å². The van der Waals surface area contributed by atoms with E-state index in [0.29, 0.717) is 37.3 Å². The van der Waals surface area contributed by atoms with E-state index in [0.717, 1.165) is 62.4 Å². The number of hydrogen-bond acceptors (Lipinski definition) is 6.